The van der Waals surface area contributed by atoms with Crippen LogP contribution in [0, 0.1) is 28.6 Å². The van der Waals surface area contributed by atoms with E-state index < -0.39 is 11.4 Å². The predicted octanol–water partition coefficient (Wildman–Crippen LogP) is 4.20. The zero-order chi connectivity index (χ0) is 19.3. The van der Waals surface area contributed by atoms with Crippen molar-refractivity contribution in [2.45, 2.75) is 49.4 Å². The molecule has 0 N–H and O–H groups in total. The molecule has 2 fully saturated rings. The van der Waals surface area contributed by atoms with Gasteiger partial charge in [-0.3, -0.25) is 0 Å². The molecule has 27 heavy (non-hydrogen) atoms. The summed E-state index contributed by atoms with van der Waals surface area (Å²) in [6, 6.07) is 14.8. The van der Waals surface area contributed by atoms with Crippen LogP contribution < -0.4 is 4.74 Å². The SMILES string of the molecule is COc1cccc(C2(C#N)CCC2)n1.N#CC1(c2cccc(F)n2)CCC1. The Morgan fingerprint density at radius 1 is 0.889 bits per heavy atom. The second-order valence-corrected chi connectivity index (χ2v) is 7.01. The molecule has 0 bridgehead atoms. The molecule has 0 spiro atoms. The van der Waals surface area contributed by atoms with Crippen molar-refractivity contribution in [1.29, 1.82) is 10.5 Å². The van der Waals surface area contributed by atoms with Gasteiger partial charge in [0.05, 0.1) is 41.5 Å². The summed E-state index contributed by atoms with van der Waals surface area (Å²) in [5, 5.41) is 18.1. The lowest BCUT2D eigenvalue weighted by molar-refractivity contribution is 0.310. The smallest absolute Gasteiger partial charge is 0.213 e. The minimum Gasteiger partial charge on any atom is -0.481 e. The van der Waals surface area contributed by atoms with E-state index in [4.69, 9.17) is 15.3 Å². The molecular weight excluding hydrogens is 343 g/mol. The number of hydrogen-bond donors (Lipinski definition) is 0. The molecule has 0 saturated heterocycles. The highest BCUT2D eigenvalue weighted by Crippen LogP contribution is 2.43. The fourth-order valence-corrected chi connectivity index (χ4v) is 3.38. The van der Waals surface area contributed by atoms with Crippen LogP contribution in [0.5, 0.6) is 5.88 Å². The maximum absolute atomic E-state index is 12.8. The van der Waals surface area contributed by atoms with E-state index in [1.54, 1.807) is 25.3 Å². The van der Waals surface area contributed by atoms with Crippen LogP contribution in [-0.4, -0.2) is 17.1 Å². The standard InChI is InChI=1S/C11H12N2O.C10H9FN2/c1-14-10-5-2-4-9(13-10)11(8-12)6-3-7-11;11-9-4-1-3-8(13-9)10(7-12)5-2-6-10/h2,4-5H,3,6-7H2,1H3;1,3-4H,2,5-6H2. The van der Waals surface area contributed by atoms with Crippen molar-refractivity contribution in [3.05, 3.63) is 53.7 Å². The average Bonchev–Trinajstić information content (AvgIpc) is 2.62. The van der Waals surface area contributed by atoms with E-state index in [9.17, 15) is 4.39 Å². The van der Waals surface area contributed by atoms with Crippen molar-refractivity contribution in [3.63, 3.8) is 0 Å². The molecule has 138 valence electrons. The molecule has 2 aliphatic carbocycles. The molecule has 2 aromatic heterocycles. The Morgan fingerprint density at radius 2 is 1.41 bits per heavy atom. The molecule has 4 rings (SSSR count). The predicted molar refractivity (Wildman–Crippen MR) is 97.3 cm³/mol. The molecule has 2 heterocycles. The van der Waals surface area contributed by atoms with E-state index in [-0.39, 0.29) is 5.41 Å². The summed E-state index contributed by atoms with van der Waals surface area (Å²) in [7, 11) is 1.59. The molecule has 0 atom stereocenters. The number of nitriles is 2. The van der Waals surface area contributed by atoms with Crippen LogP contribution >= 0.6 is 0 Å². The molecule has 0 radical (unpaired) electrons. The molecule has 2 saturated carbocycles. The van der Waals surface area contributed by atoms with E-state index in [2.05, 4.69) is 22.1 Å². The van der Waals surface area contributed by atoms with Gasteiger partial charge in [-0.25, -0.2) is 9.97 Å². The summed E-state index contributed by atoms with van der Waals surface area (Å²) >= 11 is 0. The first kappa shape index (κ1) is 18.8. The molecule has 2 aromatic rings. The van der Waals surface area contributed by atoms with Gasteiger partial charge in [0, 0.05) is 6.07 Å². The Bertz CT molecular complexity index is 892. The zero-order valence-corrected chi connectivity index (χ0v) is 15.3. The number of ether oxygens (including phenoxy) is 1. The molecule has 0 amide bonds. The summed E-state index contributed by atoms with van der Waals surface area (Å²) in [5.41, 5.74) is 0.600. The Balaban J connectivity index is 0.000000156. The highest BCUT2D eigenvalue weighted by atomic mass is 19.1. The van der Waals surface area contributed by atoms with Crippen molar-refractivity contribution >= 4 is 0 Å². The number of rotatable bonds is 3. The maximum atomic E-state index is 12.8. The number of hydrogen-bond acceptors (Lipinski definition) is 5. The number of methoxy groups -OCH3 is 1. The van der Waals surface area contributed by atoms with E-state index >= 15 is 0 Å². The van der Waals surface area contributed by atoms with Crippen LogP contribution in [0.1, 0.15) is 49.9 Å². The number of halogens is 1. The normalized spacial score (nSPS) is 18.4. The van der Waals surface area contributed by atoms with Gasteiger partial charge < -0.3 is 4.74 Å². The van der Waals surface area contributed by atoms with Gasteiger partial charge in [-0.05, 0) is 56.7 Å². The van der Waals surface area contributed by atoms with Gasteiger partial charge in [0.15, 0.2) is 0 Å². The first-order chi connectivity index (χ1) is 13.1. The van der Waals surface area contributed by atoms with Crippen molar-refractivity contribution < 1.29 is 9.13 Å². The van der Waals surface area contributed by atoms with Crippen molar-refractivity contribution in [1.82, 2.24) is 9.97 Å². The second-order valence-electron chi connectivity index (χ2n) is 7.01. The molecule has 2 aliphatic rings. The topological polar surface area (TPSA) is 82.6 Å². The van der Waals surface area contributed by atoms with Crippen LogP contribution in [0.4, 0.5) is 4.39 Å². The van der Waals surface area contributed by atoms with Gasteiger partial charge in [-0.15, -0.1) is 0 Å². The molecule has 0 unspecified atom stereocenters. The third kappa shape index (κ3) is 3.61. The summed E-state index contributed by atoms with van der Waals surface area (Å²) in [6.45, 7) is 0. The average molecular weight is 364 g/mol. The minimum absolute atomic E-state index is 0.339. The molecule has 5 nitrogen and oxygen atoms in total. The van der Waals surface area contributed by atoms with E-state index in [1.807, 2.05) is 12.1 Å². The van der Waals surface area contributed by atoms with Crippen molar-refractivity contribution in [2.75, 3.05) is 7.11 Å². The third-order valence-electron chi connectivity index (χ3n) is 5.47. The number of aromatic nitrogens is 2. The quantitative estimate of drug-likeness (QED) is 0.762. The van der Waals surface area contributed by atoms with Gasteiger partial charge in [-0.1, -0.05) is 12.1 Å². The number of nitrogens with zero attached hydrogens (tertiary/aromatic N) is 4. The zero-order valence-electron chi connectivity index (χ0n) is 15.3. The van der Waals surface area contributed by atoms with E-state index in [0.717, 1.165) is 44.2 Å². The second kappa shape index (κ2) is 7.72. The van der Waals surface area contributed by atoms with Gasteiger partial charge in [0.1, 0.15) is 0 Å². The lowest BCUT2D eigenvalue weighted by Gasteiger charge is -2.34. The molecular formula is C21H21FN4O. The van der Waals surface area contributed by atoms with Crippen LogP contribution in [0.25, 0.3) is 0 Å². The Morgan fingerprint density at radius 3 is 1.81 bits per heavy atom. The maximum Gasteiger partial charge on any atom is 0.213 e. The van der Waals surface area contributed by atoms with Gasteiger partial charge in [0.2, 0.25) is 11.8 Å². The van der Waals surface area contributed by atoms with E-state index in [0.29, 0.717) is 11.6 Å². The highest BCUT2D eigenvalue weighted by molar-refractivity contribution is 5.32. The van der Waals surface area contributed by atoms with Gasteiger partial charge in [-0.2, -0.15) is 14.9 Å². The minimum atomic E-state index is -0.501. The monoisotopic (exact) mass is 364 g/mol. The lowest BCUT2D eigenvalue weighted by Crippen LogP contribution is -2.33. The Labute approximate surface area is 158 Å². The van der Waals surface area contributed by atoms with Gasteiger partial charge in [0.25, 0.3) is 0 Å². The summed E-state index contributed by atoms with van der Waals surface area (Å²) < 4.78 is 17.8. The fourth-order valence-electron chi connectivity index (χ4n) is 3.38. The highest BCUT2D eigenvalue weighted by Gasteiger charge is 2.41. The lowest BCUT2D eigenvalue weighted by atomic mass is 9.67. The van der Waals surface area contributed by atoms with E-state index in [1.165, 1.54) is 6.07 Å². The van der Waals surface area contributed by atoms with Crippen molar-refractivity contribution in [2.24, 2.45) is 0 Å². The first-order valence-electron chi connectivity index (χ1n) is 9.05. The Kier molecular flexibility index (Phi) is 5.37. The van der Waals surface area contributed by atoms with Crippen molar-refractivity contribution in [3.8, 4) is 18.0 Å². The Hall–Kier alpha value is -2.99. The van der Waals surface area contributed by atoms with Crippen LogP contribution in [0.2, 0.25) is 0 Å². The third-order valence-corrected chi connectivity index (χ3v) is 5.47. The van der Waals surface area contributed by atoms with Gasteiger partial charge >= 0.3 is 0 Å². The fraction of sp³-hybridized carbons (Fsp3) is 0.429. The van der Waals surface area contributed by atoms with Crippen LogP contribution in [0.15, 0.2) is 36.4 Å². The number of pyridine rings is 2. The molecule has 0 aliphatic heterocycles. The molecule has 6 heteroatoms. The van der Waals surface area contributed by atoms with Crippen LogP contribution in [0.3, 0.4) is 0 Å². The molecule has 0 aromatic carbocycles. The van der Waals surface area contributed by atoms with Crippen LogP contribution in [-0.2, 0) is 10.8 Å². The first-order valence-corrected chi connectivity index (χ1v) is 9.05. The summed E-state index contributed by atoms with van der Waals surface area (Å²) in [4.78, 5) is 8.06. The largest absolute Gasteiger partial charge is 0.481 e. The summed E-state index contributed by atoms with van der Waals surface area (Å²) in [5.74, 6) is 0.0862. The summed E-state index contributed by atoms with van der Waals surface area (Å²) in [6.07, 6.45) is 5.60.